The molecule has 0 bridgehead atoms. The highest BCUT2D eigenvalue weighted by Crippen LogP contribution is 2.21. The molecular formula is C6H13NO4S. The summed E-state index contributed by atoms with van der Waals surface area (Å²) in [5.41, 5.74) is 4.78. The minimum Gasteiger partial charge on any atom is -0.394 e. The summed E-state index contributed by atoms with van der Waals surface area (Å²) in [6.45, 7) is -0.359. The Morgan fingerprint density at radius 2 is 1.92 bits per heavy atom. The number of thiol groups is 1. The van der Waals surface area contributed by atoms with E-state index in [2.05, 4.69) is 12.6 Å². The average molecular weight is 195 g/mol. The van der Waals surface area contributed by atoms with Crippen molar-refractivity contribution in [2.75, 3.05) is 6.61 Å². The molecular weight excluding hydrogens is 182 g/mol. The fraction of sp³-hybridized carbons (Fsp3) is 1.00. The largest absolute Gasteiger partial charge is 0.394 e. The number of nitrogens with two attached hydrogens (primary N) is 1. The first-order valence-corrected chi connectivity index (χ1v) is 4.15. The lowest BCUT2D eigenvalue weighted by atomic mass is 9.99. The summed E-state index contributed by atoms with van der Waals surface area (Å²) in [6.07, 6.45) is -3.05. The van der Waals surface area contributed by atoms with Crippen LogP contribution in [0.15, 0.2) is 0 Å². The van der Waals surface area contributed by atoms with Gasteiger partial charge >= 0.3 is 0 Å². The van der Waals surface area contributed by atoms with Gasteiger partial charge < -0.3 is 25.8 Å². The number of hydrogen-bond acceptors (Lipinski definition) is 6. The van der Waals surface area contributed by atoms with E-state index < -0.39 is 29.8 Å². The molecule has 0 aromatic heterocycles. The summed E-state index contributed by atoms with van der Waals surface area (Å²) in [7, 11) is 0. The molecule has 0 aliphatic carbocycles. The summed E-state index contributed by atoms with van der Waals surface area (Å²) in [6, 6.07) is -0.730. The summed E-state index contributed by atoms with van der Waals surface area (Å²) in [4.78, 5) is 0. The van der Waals surface area contributed by atoms with Gasteiger partial charge in [0.05, 0.1) is 12.6 Å². The lowest BCUT2D eigenvalue weighted by Gasteiger charge is -2.38. The summed E-state index contributed by atoms with van der Waals surface area (Å²) < 4.78 is 5.01. The predicted octanol–water partition coefficient (Wildman–Crippen LogP) is -2.32. The van der Waals surface area contributed by atoms with Crippen molar-refractivity contribution in [1.29, 1.82) is 0 Å². The zero-order valence-corrected chi connectivity index (χ0v) is 7.26. The quantitative estimate of drug-likeness (QED) is 0.303. The van der Waals surface area contributed by atoms with E-state index in [1.807, 2.05) is 0 Å². The normalized spacial score (nSPS) is 49.2. The third kappa shape index (κ3) is 1.73. The molecule has 0 saturated carbocycles. The van der Waals surface area contributed by atoms with E-state index in [0.29, 0.717) is 0 Å². The van der Waals surface area contributed by atoms with Crippen molar-refractivity contribution in [3.8, 4) is 0 Å². The molecule has 5 atom stereocenters. The first-order chi connectivity index (χ1) is 5.57. The molecule has 0 spiro atoms. The zero-order chi connectivity index (χ0) is 9.30. The van der Waals surface area contributed by atoms with Crippen molar-refractivity contribution in [3.05, 3.63) is 0 Å². The Hall–Kier alpha value is 0.150. The Morgan fingerprint density at radius 3 is 2.42 bits per heavy atom. The fourth-order valence-electron chi connectivity index (χ4n) is 1.12. The molecule has 1 aliphatic rings. The van der Waals surface area contributed by atoms with Gasteiger partial charge in [0, 0.05) is 0 Å². The first-order valence-electron chi connectivity index (χ1n) is 3.64. The van der Waals surface area contributed by atoms with Gasteiger partial charge in [0.1, 0.15) is 23.7 Å². The third-order valence-corrected chi connectivity index (χ3v) is 2.41. The van der Waals surface area contributed by atoms with Gasteiger partial charge in [-0.2, -0.15) is 0 Å². The van der Waals surface area contributed by atoms with Crippen molar-refractivity contribution in [2.45, 2.75) is 29.8 Å². The molecule has 1 fully saturated rings. The molecule has 0 amide bonds. The number of hydrogen-bond donors (Lipinski definition) is 5. The maximum atomic E-state index is 9.30. The number of aliphatic hydroxyl groups excluding tert-OH is 3. The predicted molar refractivity (Wildman–Crippen MR) is 44.7 cm³/mol. The molecule has 2 unspecified atom stereocenters. The Bertz CT molecular complexity index is 154. The first kappa shape index (κ1) is 10.2. The molecule has 6 heteroatoms. The Balaban J connectivity index is 2.63. The monoisotopic (exact) mass is 195 g/mol. The summed E-state index contributed by atoms with van der Waals surface area (Å²) in [5.74, 6) is 0. The van der Waals surface area contributed by atoms with Gasteiger partial charge in [0.15, 0.2) is 0 Å². The van der Waals surface area contributed by atoms with Crippen LogP contribution in [0, 0.1) is 0 Å². The highest BCUT2D eigenvalue weighted by molar-refractivity contribution is 7.80. The highest BCUT2D eigenvalue weighted by atomic mass is 32.1. The SMILES string of the molecule is NC1[C@@H](O)[C@H](O)C(CO)O[C@@H]1S. The van der Waals surface area contributed by atoms with Crippen LogP contribution in [0.1, 0.15) is 0 Å². The van der Waals surface area contributed by atoms with Gasteiger partial charge in [-0.05, 0) is 0 Å². The molecule has 1 heterocycles. The number of aliphatic hydroxyl groups is 3. The Labute approximate surface area is 75.5 Å². The van der Waals surface area contributed by atoms with E-state index in [1.54, 1.807) is 0 Å². The maximum absolute atomic E-state index is 9.30. The van der Waals surface area contributed by atoms with Crippen LogP contribution in [0.25, 0.3) is 0 Å². The van der Waals surface area contributed by atoms with E-state index in [1.165, 1.54) is 0 Å². The molecule has 1 saturated heterocycles. The van der Waals surface area contributed by atoms with Gasteiger partial charge in [-0.25, -0.2) is 0 Å². The van der Waals surface area contributed by atoms with Crippen LogP contribution in [-0.4, -0.2) is 51.7 Å². The second-order valence-electron chi connectivity index (χ2n) is 2.81. The minimum absolute atomic E-state index is 0.359. The van der Waals surface area contributed by atoms with E-state index in [0.717, 1.165) is 0 Å². The average Bonchev–Trinajstić information content (AvgIpc) is 2.08. The molecule has 1 rings (SSSR count). The van der Waals surface area contributed by atoms with E-state index in [4.69, 9.17) is 15.6 Å². The van der Waals surface area contributed by atoms with E-state index in [-0.39, 0.29) is 6.61 Å². The van der Waals surface area contributed by atoms with Crippen LogP contribution < -0.4 is 5.73 Å². The molecule has 0 aromatic carbocycles. The Kier molecular flexibility index (Phi) is 3.33. The standard InChI is InChI=1S/C6H13NO4S/c7-3-5(10)4(9)2(1-8)11-6(3)12/h2-6,8-10,12H,1,7H2/t2?,3?,4-,5-,6-/m1/s1. The molecule has 12 heavy (non-hydrogen) atoms. The molecule has 72 valence electrons. The van der Waals surface area contributed by atoms with Crippen LogP contribution in [0.4, 0.5) is 0 Å². The van der Waals surface area contributed by atoms with Crippen LogP contribution in [0.5, 0.6) is 0 Å². The zero-order valence-electron chi connectivity index (χ0n) is 6.37. The smallest absolute Gasteiger partial charge is 0.118 e. The second-order valence-corrected chi connectivity index (χ2v) is 3.32. The van der Waals surface area contributed by atoms with Gasteiger partial charge in [-0.15, -0.1) is 12.6 Å². The maximum Gasteiger partial charge on any atom is 0.118 e. The molecule has 0 radical (unpaired) electrons. The summed E-state index contributed by atoms with van der Waals surface area (Å²) >= 11 is 3.94. The second kappa shape index (κ2) is 3.91. The fourth-order valence-corrected chi connectivity index (χ4v) is 1.45. The van der Waals surface area contributed by atoms with E-state index in [9.17, 15) is 10.2 Å². The topological polar surface area (TPSA) is 95.9 Å². The minimum atomic E-state index is -1.15. The molecule has 0 aromatic rings. The van der Waals surface area contributed by atoms with Gasteiger partial charge in [0.25, 0.3) is 0 Å². The van der Waals surface area contributed by atoms with Crippen molar-refractivity contribution < 1.29 is 20.1 Å². The van der Waals surface area contributed by atoms with Crippen LogP contribution in [-0.2, 0) is 4.74 Å². The van der Waals surface area contributed by atoms with Crippen molar-refractivity contribution in [2.24, 2.45) is 5.73 Å². The van der Waals surface area contributed by atoms with Crippen LogP contribution in [0.3, 0.4) is 0 Å². The third-order valence-electron chi connectivity index (χ3n) is 1.95. The molecule has 5 nitrogen and oxygen atoms in total. The number of rotatable bonds is 1. The van der Waals surface area contributed by atoms with Gasteiger partial charge in [-0.3, -0.25) is 0 Å². The molecule has 1 aliphatic heterocycles. The van der Waals surface area contributed by atoms with Crippen LogP contribution in [0.2, 0.25) is 0 Å². The summed E-state index contributed by atoms with van der Waals surface area (Å²) in [5, 5.41) is 27.3. The van der Waals surface area contributed by atoms with Gasteiger partial charge in [-0.1, -0.05) is 0 Å². The number of ether oxygens (including phenoxy) is 1. The molecule has 5 N–H and O–H groups in total. The highest BCUT2D eigenvalue weighted by Gasteiger charge is 2.40. The van der Waals surface area contributed by atoms with Crippen molar-refractivity contribution in [3.63, 3.8) is 0 Å². The Morgan fingerprint density at radius 1 is 1.33 bits per heavy atom. The van der Waals surface area contributed by atoms with Gasteiger partial charge in [0.2, 0.25) is 0 Å². The lowest BCUT2D eigenvalue weighted by molar-refractivity contribution is -0.165. The van der Waals surface area contributed by atoms with Crippen LogP contribution >= 0.6 is 12.6 Å². The van der Waals surface area contributed by atoms with Crippen molar-refractivity contribution in [1.82, 2.24) is 0 Å². The lowest BCUT2D eigenvalue weighted by Crippen LogP contribution is -2.60. The van der Waals surface area contributed by atoms with E-state index >= 15 is 0 Å². The van der Waals surface area contributed by atoms with Crippen molar-refractivity contribution >= 4 is 12.6 Å².